The monoisotopic (exact) mass is 308 g/mol. The van der Waals surface area contributed by atoms with Crippen molar-refractivity contribution in [1.29, 1.82) is 0 Å². The summed E-state index contributed by atoms with van der Waals surface area (Å²) in [5, 5.41) is 5.97. The Kier molecular flexibility index (Phi) is 4.33. The van der Waals surface area contributed by atoms with E-state index in [1.54, 1.807) is 0 Å². The van der Waals surface area contributed by atoms with Crippen LogP contribution in [0, 0.1) is 29.6 Å². The molecule has 4 aliphatic carbocycles. The van der Waals surface area contributed by atoms with Crippen molar-refractivity contribution in [3.05, 3.63) is 0 Å². The molecule has 4 fully saturated rings. The number of esters is 1. The molecule has 4 saturated carbocycles. The maximum absolute atomic E-state index is 12.3. The molecule has 0 aliphatic heterocycles. The highest BCUT2D eigenvalue weighted by molar-refractivity contribution is 5.83. The van der Waals surface area contributed by atoms with Crippen LogP contribution < -0.4 is 10.6 Å². The Morgan fingerprint density at radius 3 is 2.00 bits per heavy atom. The molecule has 5 nitrogen and oxygen atoms in total. The zero-order valence-electron chi connectivity index (χ0n) is 13.8. The van der Waals surface area contributed by atoms with Crippen molar-refractivity contribution >= 4 is 12.0 Å². The fourth-order valence-corrected chi connectivity index (χ4v) is 5.12. The normalized spacial score (nSPS) is 37.0. The van der Waals surface area contributed by atoms with Crippen LogP contribution in [-0.2, 0) is 9.53 Å². The number of nitrogens with one attached hydrogen (secondary N) is 2. The Hall–Kier alpha value is -1.26. The highest BCUT2D eigenvalue weighted by atomic mass is 16.5. The molecule has 2 amide bonds. The summed E-state index contributed by atoms with van der Waals surface area (Å²) in [5.41, 5.74) is 0. The van der Waals surface area contributed by atoms with Crippen molar-refractivity contribution in [2.45, 2.75) is 58.0 Å². The second kappa shape index (κ2) is 6.09. The molecule has 124 valence electrons. The van der Waals surface area contributed by atoms with Crippen LogP contribution in [0.15, 0.2) is 0 Å². The summed E-state index contributed by atoms with van der Waals surface area (Å²) in [6.07, 6.45) is 6.47. The lowest BCUT2D eigenvalue weighted by molar-refractivity contribution is -0.144. The summed E-state index contributed by atoms with van der Waals surface area (Å²) in [6.45, 7) is 3.81. The van der Waals surface area contributed by atoms with Crippen molar-refractivity contribution in [3.8, 4) is 0 Å². The Balaban J connectivity index is 1.58. The first kappa shape index (κ1) is 15.6. The van der Waals surface area contributed by atoms with Crippen LogP contribution in [0.4, 0.5) is 4.79 Å². The average molecular weight is 308 g/mol. The zero-order chi connectivity index (χ0) is 15.9. The van der Waals surface area contributed by atoms with Crippen molar-refractivity contribution in [2.24, 2.45) is 29.6 Å². The zero-order valence-corrected chi connectivity index (χ0v) is 13.8. The van der Waals surface area contributed by atoms with Gasteiger partial charge in [-0.2, -0.15) is 0 Å². The third-order valence-corrected chi connectivity index (χ3v) is 5.93. The molecule has 4 bridgehead atoms. The number of urea groups is 1. The van der Waals surface area contributed by atoms with Gasteiger partial charge in [-0.1, -0.05) is 13.8 Å². The summed E-state index contributed by atoms with van der Waals surface area (Å²) in [7, 11) is 1.36. The minimum absolute atomic E-state index is 0.0108. The van der Waals surface area contributed by atoms with E-state index in [-0.39, 0.29) is 17.9 Å². The second-order valence-corrected chi connectivity index (χ2v) is 7.82. The number of carbonyl (C=O) groups is 2. The quantitative estimate of drug-likeness (QED) is 0.783. The molecule has 0 heterocycles. The van der Waals surface area contributed by atoms with Gasteiger partial charge < -0.3 is 15.4 Å². The van der Waals surface area contributed by atoms with Crippen LogP contribution in [-0.4, -0.2) is 31.2 Å². The fourth-order valence-electron chi connectivity index (χ4n) is 5.12. The van der Waals surface area contributed by atoms with E-state index in [4.69, 9.17) is 4.74 Å². The molecule has 5 heteroatoms. The Morgan fingerprint density at radius 2 is 1.55 bits per heavy atom. The maximum atomic E-state index is 12.3. The molecule has 4 rings (SSSR count). The summed E-state index contributed by atoms with van der Waals surface area (Å²) in [5.74, 6) is 2.69. The number of amides is 2. The van der Waals surface area contributed by atoms with Crippen LogP contribution in [0.5, 0.6) is 0 Å². The van der Waals surface area contributed by atoms with Gasteiger partial charge in [0, 0.05) is 6.04 Å². The van der Waals surface area contributed by atoms with Gasteiger partial charge in [-0.3, -0.25) is 0 Å². The molecule has 2 N–H and O–H groups in total. The minimum atomic E-state index is -0.582. The summed E-state index contributed by atoms with van der Waals surface area (Å²) >= 11 is 0. The smallest absolute Gasteiger partial charge is 0.328 e. The predicted molar refractivity (Wildman–Crippen MR) is 83.1 cm³/mol. The van der Waals surface area contributed by atoms with E-state index in [1.165, 1.54) is 39.2 Å². The first-order valence-electron chi connectivity index (χ1n) is 8.62. The highest BCUT2D eigenvalue weighted by Gasteiger charge is 2.48. The summed E-state index contributed by atoms with van der Waals surface area (Å²) in [6, 6.07) is -0.512. The van der Waals surface area contributed by atoms with Gasteiger partial charge in [0.2, 0.25) is 0 Å². The molecule has 22 heavy (non-hydrogen) atoms. The lowest BCUT2D eigenvalue weighted by atomic mass is 9.54. The molecule has 0 radical (unpaired) electrons. The van der Waals surface area contributed by atoms with E-state index < -0.39 is 6.04 Å². The number of ether oxygens (including phenoxy) is 1. The van der Waals surface area contributed by atoms with Gasteiger partial charge >= 0.3 is 12.0 Å². The molecular formula is C17H28N2O3. The van der Waals surface area contributed by atoms with Gasteiger partial charge in [0.15, 0.2) is 0 Å². The molecule has 1 atom stereocenters. The van der Waals surface area contributed by atoms with Crippen LogP contribution in [0.2, 0.25) is 0 Å². The summed E-state index contributed by atoms with van der Waals surface area (Å²) < 4.78 is 4.78. The molecular weight excluding hydrogens is 280 g/mol. The van der Waals surface area contributed by atoms with Gasteiger partial charge in [0.1, 0.15) is 6.04 Å². The van der Waals surface area contributed by atoms with Crippen molar-refractivity contribution in [2.75, 3.05) is 7.11 Å². The molecule has 0 saturated heterocycles. The summed E-state index contributed by atoms with van der Waals surface area (Å²) in [4.78, 5) is 24.1. The lowest BCUT2D eigenvalue weighted by Gasteiger charge is -2.54. The van der Waals surface area contributed by atoms with Gasteiger partial charge in [0.25, 0.3) is 0 Å². The van der Waals surface area contributed by atoms with Crippen molar-refractivity contribution in [1.82, 2.24) is 10.6 Å². The number of hydrogen-bond donors (Lipinski definition) is 2. The Labute approximate surface area is 132 Å². The maximum Gasteiger partial charge on any atom is 0.328 e. The number of rotatable bonds is 4. The predicted octanol–water partition coefficient (Wildman–Crippen LogP) is 2.31. The highest BCUT2D eigenvalue weighted by Crippen LogP contribution is 2.53. The Morgan fingerprint density at radius 1 is 1.00 bits per heavy atom. The molecule has 0 spiro atoms. The molecule has 4 aliphatic rings. The number of methoxy groups -OCH3 is 1. The van der Waals surface area contributed by atoms with Gasteiger partial charge in [-0.05, 0) is 61.7 Å². The first-order chi connectivity index (χ1) is 10.5. The number of hydrogen-bond acceptors (Lipinski definition) is 3. The van der Waals surface area contributed by atoms with Crippen LogP contribution >= 0.6 is 0 Å². The largest absolute Gasteiger partial charge is 0.467 e. The van der Waals surface area contributed by atoms with Gasteiger partial charge in [-0.15, -0.1) is 0 Å². The van der Waals surface area contributed by atoms with Gasteiger partial charge in [0.05, 0.1) is 7.11 Å². The topological polar surface area (TPSA) is 67.4 Å². The fraction of sp³-hybridized carbons (Fsp3) is 0.882. The van der Waals surface area contributed by atoms with E-state index in [1.807, 2.05) is 13.8 Å². The average Bonchev–Trinajstić information content (AvgIpc) is 2.46. The van der Waals surface area contributed by atoms with E-state index in [0.717, 1.165) is 11.8 Å². The standard InChI is InChI=1S/C17H28N2O3/c1-9(2)14(16(20)22-3)18-17(21)19-15-12-5-10-4-11(7-12)8-13(15)6-10/h9-15H,4-8H2,1-3H3,(H2,18,19,21). The van der Waals surface area contributed by atoms with E-state index in [9.17, 15) is 9.59 Å². The molecule has 1 unspecified atom stereocenters. The molecule has 0 aromatic heterocycles. The van der Waals surface area contributed by atoms with E-state index in [2.05, 4.69) is 10.6 Å². The number of carbonyl (C=O) groups excluding carboxylic acids is 2. The molecule has 0 aromatic carbocycles. The Bertz CT molecular complexity index is 421. The second-order valence-electron chi connectivity index (χ2n) is 7.82. The third-order valence-electron chi connectivity index (χ3n) is 5.93. The lowest BCUT2D eigenvalue weighted by Crippen LogP contribution is -2.59. The van der Waals surface area contributed by atoms with E-state index >= 15 is 0 Å². The minimum Gasteiger partial charge on any atom is -0.467 e. The SMILES string of the molecule is COC(=O)C(NC(=O)NC1C2CC3CC(C2)CC1C3)C(C)C. The van der Waals surface area contributed by atoms with Crippen molar-refractivity contribution < 1.29 is 14.3 Å². The third kappa shape index (κ3) is 2.95. The van der Waals surface area contributed by atoms with Crippen LogP contribution in [0.25, 0.3) is 0 Å². The van der Waals surface area contributed by atoms with Crippen LogP contribution in [0.1, 0.15) is 46.0 Å². The van der Waals surface area contributed by atoms with Crippen LogP contribution in [0.3, 0.4) is 0 Å². The van der Waals surface area contributed by atoms with E-state index in [0.29, 0.717) is 17.9 Å². The first-order valence-corrected chi connectivity index (χ1v) is 8.62. The molecule has 0 aromatic rings. The van der Waals surface area contributed by atoms with Crippen molar-refractivity contribution in [3.63, 3.8) is 0 Å². The van der Waals surface area contributed by atoms with Gasteiger partial charge in [-0.25, -0.2) is 9.59 Å².